The SMILES string of the molecule is CCCOC1CCC2C(C1)OC1CC(OCC)CCC12. The highest BCUT2D eigenvalue weighted by atomic mass is 16.5. The van der Waals surface area contributed by atoms with Gasteiger partial charge >= 0.3 is 0 Å². The topological polar surface area (TPSA) is 27.7 Å². The zero-order chi connectivity index (χ0) is 13.9. The maximum Gasteiger partial charge on any atom is 0.0635 e. The predicted octanol–water partition coefficient (Wildman–Crippen LogP) is 3.55. The zero-order valence-electron chi connectivity index (χ0n) is 13.1. The molecule has 6 unspecified atom stereocenters. The van der Waals surface area contributed by atoms with Gasteiger partial charge in [0.2, 0.25) is 0 Å². The summed E-state index contributed by atoms with van der Waals surface area (Å²) in [6, 6.07) is 0. The van der Waals surface area contributed by atoms with Crippen LogP contribution in [0, 0.1) is 11.8 Å². The highest BCUT2D eigenvalue weighted by Gasteiger charge is 2.49. The summed E-state index contributed by atoms with van der Waals surface area (Å²) < 4.78 is 18.2. The minimum absolute atomic E-state index is 0.438. The molecule has 1 saturated heterocycles. The van der Waals surface area contributed by atoms with E-state index < -0.39 is 0 Å². The Morgan fingerprint density at radius 2 is 1.45 bits per heavy atom. The maximum atomic E-state index is 6.40. The normalized spacial score (nSPS) is 44.1. The molecule has 0 radical (unpaired) electrons. The number of rotatable bonds is 5. The van der Waals surface area contributed by atoms with Crippen molar-refractivity contribution in [3.63, 3.8) is 0 Å². The molecular formula is C17H30O3. The second kappa shape index (κ2) is 6.76. The summed E-state index contributed by atoms with van der Waals surface area (Å²) in [5, 5.41) is 0. The van der Waals surface area contributed by atoms with Crippen molar-refractivity contribution in [3.05, 3.63) is 0 Å². The van der Waals surface area contributed by atoms with Gasteiger partial charge in [-0.05, 0) is 50.9 Å². The van der Waals surface area contributed by atoms with E-state index in [1.54, 1.807) is 0 Å². The third-order valence-electron chi connectivity index (χ3n) is 5.45. The molecule has 2 saturated carbocycles. The molecule has 3 nitrogen and oxygen atoms in total. The molecule has 2 aliphatic carbocycles. The summed E-state index contributed by atoms with van der Waals surface area (Å²) in [6.07, 6.45) is 10.2. The van der Waals surface area contributed by atoms with E-state index >= 15 is 0 Å². The van der Waals surface area contributed by atoms with Gasteiger partial charge in [0.15, 0.2) is 0 Å². The van der Waals surface area contributed by atoms with E-state index in [4.69, 9.17) is 14.2 Å². The molecule has 116 valence electrons. The van der Waals surface area contributed by atoms with E-state index in [0.717, 1.165) is 44.3 Å². The number of fused-ring (bicyclic) bond motifs is 3. The Labute approximate surface area is 123 Å². The van der Waals surface area contributed by atoms with Crippen LogP contribution < -0.4 is 0 Å². The van der Waals surface area contributed by atoms with Crippen LogP contribution in [0.1, 0.15) is 58.8 Å². The first kappa shape index (κ1) is 14.8. The number of hydrogen-bond donors (Lipinski definition) is 0. The van der Waals surface area contributed by atoms with E-state index in [2.05, 4.69) is 13.8 Å². The van der Waals surface area contributed by atoms with Crippen molar-refractivity contribution >= 4 is 0 Å². The first-order valence-corrected chi connectivity index (χ1v) is 8.70. The van der Waals surface area contributed by atoms with E-state index in [0.29, 0.717) is 24.4 Å². The Morgan fingerprint density at radius 1 is 0.850 bits per heavy atom. The number of ether oxygens (including phenoxy) is 3. The van der Waals surface area contributed by atoms with Crippen molar-refractivity contribution in [2.24, 2.45) is 11.8 Å². The van der Waals surface area contributed by atoms with Gasteiger partial charge < -0.3 is 14.2 Å². The van der Waals surface area contributed by atoms with Crippen molar-refractivity contribution in [2.45, 2.75) is 83.2 Å². The van der Waals surface area contributed by atoms with Crippen LogP contribution in [0.25, 0.3) is 0 Å². The van der Waals surface area contributed by atoms with Crippen LogP contribution >= 0.6 is 0 Å². The Bertz CT molecular complexity index is 307. The second-order valence-corrected chi connectivity index (χ2v) is 6.74. The molecule has 3 aliphatic rings. The summed E-state index contributed by atoms with van der Waals surface area (Å²) >= 11 is 0. The lowest BCUT2D eigenvalue weighted by molar-refractivity contribution is -0.0662. The molecule has 0 amide bonds. The molecule has 1 heterocycles. The highest BCUT2D eigenvalue weighted by molar-refractivity contribution is 4.97. The summed E-state index contributed by atoms with van der Waals surface area (Å²) in [5.41, 5.74) is 0. The molecule has 0 aromatic carbocycles. The smallest absolute Gasteiger partial charge is 0.0635 e. The molecule has 0 aromatic rings. The standard InChI is InChI=1S/C17H30O3/c1-3-9-19-13-6-8-15-14-7-5-12(18-4-2)10-16(14)20-17(15)11-13/h12-17H,3-11H2,1-2H3. The lowest BCUT2D eigenvalue weighted by atomic mass is 9.72. The first-order valence-electron chi connectivity index (χ1n) is 8.70. The molecule has 3 fully saturated rings. The fourth-order valence-corrected chi connectivity index (χ4v) is 4.57. The highest BCUT2D eigenvalue weighted by Crippen LogP contribution is 2.48. The van der Waals surface area contributed by atoms with Crippen molar-refractivity contribution in [3.8, 4) is 0 Å². The van der Waals surface area contributed by atoms with Gasteiger partial charge in [0, 0.05) is 26.1 Å². The van der Waals surface area contributed by atoms with Gasteiger partial charge in [-0.2, -0.15) is 0 Å². The Kier molecular flexibility index (Phi) is 5.00. The lowest BCUT2D eigenvalue weighted by Gasteiger charge is -2.35. The van der Waals surface area contributed by atoms with Crippen LogP contribution in [0.15, 0.2) is 0 Å². The monoisotopic (exact) mass is 282 g/mol. The van der Waals surface area contributed by atoms with Crippen molar-refractivity contribution in [1.82, 2.24) is 0 Å². The molecule has 0 bridgehead atoms. The second-order valence-electron chi connectivity index (χ2n) is 6.74. The molecule has 20 heavy (non-hydrogen) atoms. The Hall–Kier alpha value is -0.120. The van der Waals surface area contributed by atoms with Crippen molar-refractivity contribution in [2.75, 3.05) is 13.2 Å². The Morgan fingerprint density at radius 3 is 2.00 bits per heavy atom. The van der Waals surface area contributed by atoms with Gasteiger partial charge in [-0.3, -0.25) is 0 Å². The van der Waals surface area contributed by atoms with Crippen LogP contribution in [-0.4, -0.2) is 37.6 Å². The van der Waals surface area contributed by atoms with Gasteiger partial charge in [0.25, 0.3) is 0 Å². The molecular weight excluding hydrogens is 252 g/mol. The summed E-state index contributed by atoms with van der Waals surface area (Å²) in [7, 11) is 0. The van der Waals surface area contributed by atoms with Gasteiger partial charge in [-0.1, -0.05) is 6.92 Å². The van der Waals surface area contributed by atoms with Crippen LogP contribution in [0.3, 0.4) is 0 Å². The van der Waals surface area contributed by atoms with Gasteiger partial charge in [0.1, 0.15) is 0 Å². The largest absolute Gasteiger partial charge is 0.378 e. The fraction of sp³-hybridized carbons (Fsp3) is 1.00. The quantitative estimate of drug-likeness (QED) is 0.771. The van der Waals surface area contributed by atoms with Crippen LogP contribution in [0.4, 0.5) is 0 Å². The number of hydrogen-bond acceptors (Lipinski definition) is 3. The van der Waals surface area contributed by atoms with E-state index in [-0.39, 0.29) is 0 Å². The molecule has 0 spiro atoms. The van der Waals surface area contributed by atoms with Crippen LogP contribution in [0.2, 0.25) is 0 Å². The minimum Gasteiger partial charge on any atom is -0.378 e. The minimum atomic E-state index is 0.438. The van der Waals surface area contributed by atoms with Gasteiger partial charge in [-0.25, -0.2) is 0 Å². The zero-order valence-corrected chi connectivity index (χ0v) is 13.1. The van der Waals surface area contributed by atoms with E-state index in [1.807, 2.05) is 0 Å². The van der Waals surface area contributed by atoms with Crippen molar-refractivity contribution < 1.29 is 14.2 Å². The summed E-state index contributed by atoms with van der Waals surface area (Å²) in [5.74, 6) is 1.59. The fourth-order valence-electron chi connectivity index (χ4n) is 4.57. The first-order chi connectivity index (χ1) is 9.81. The molecule has 0 aromatic heterocycles. The van der Waals surface area contributed by atoms with Crippen LogP contribution in [-0.2, 0) is 14.2 Å². The summed E-state index contributed by atoms with van der Waals surface area (Å²) in [6.45, 7) is 6.01. The maximum absolute atomic E-state index is 6.40. The molecule has 3 heteroatoms. The van der Waals surface area contributed by atoms with Crippen LogP contribution in [0.5, 0.6) is 0 Å². The molecule has 3 rings (SSSR count). The lowest BCUT2D eigenvalue weighted by Crippen LogP contribution is -2.35. The van der Waals surface area contributed by atoms with E-state index in [1.165, 1.54) is 25.7 Å². The Balaban J connectivity index is 1.54. The van der Waals surface area contributed by atoms with Gasteiger partial charge in [0.05, 0.1) is 24.4 Å². The third-order valence-corrected chi connectivity index (χ3v) is 5.45. The van der Waals surface area contributed by atoms with Gasteiger partial charge in [-0.15, -0.1) is 0 Å². The third kappa shape index (κ3) is 3.05. The predicted molar refractivity (Wildman–Crippen MR) is 78.8 cm³/mol. The van der Waals surface area contributed by atoms with E-state index in [9.17, 15) is 0 Å². The molecule has 6 atom stereocenters. The molecule has 1 aliphatic heterocycles. The van der Waals surface area contributed by atoms with Crippen molar-refractivity contribution in [1.29, 1.82) is 0 Å². The average Bonchev–Trinajstić information content (AvgIpc) is 2.82. The molecule has 0 N–H and O–H groups in total. The average molecular weight is 282 g/mol. The summed E-state index contributed by atoms with van der Waals surface area (Å²) in [4.78, 5) is 0.